The Bertz CT molecular complexity index is 770. The number of furan rings is 1. The number of carbonyl (C=O) groups is 1. The van der Waals surface area contributed by atoms with Gasteiger partial charge >= 0.3 is 0 Å². The van der Waals surface area contributed by atoms with Crippen molar-refractivity contribution < 1.29 is 22.4 Å². The second kappa shape index (κ2) is 8.68. The predicted molar refractivity (Wildman–Crippen MR) is 92.6 cm³/mol. The molecule has 1 unspecified atom stereocenters. The molecular formula is C17H22N2O5S. The van der Waals surface area contributed by atoms with E-state index in [9.17, 15) is 13.2 Å². The minimum absolute atomic E-state index is 0.140. The molecule has 1 amide bonds. The summed E-state index contributed by atoms with van der Waals surface area (Å²) in [4.78, 5) is 11.9. The average Bonchev–Trinajstić information content (AvgIpc) is 3.11. The number of hydrogen-bond donors (Lipinski definition) is 2. The van der Waals surface area contributed by atoms with Crippen molar-refractivity contribution in [3.05, 3.63) is 48.4 Å². The van der Waals surface area contributed by atoms with Gasteiger partial charge in [0.2, 0.25) is 10.0 Å². The third kappa shape index (κ3) is 5.91. The fourth-order valence-electron chi connectivity index (χ4n) is 1.93. The van der Waals surface area contributed by atoms with E-state index < -0.39 is 10.0 Å². The van der Waals surface area contributed by atoms with Crippen LogP contribution in [0.4, 0.5) is 0 Å². The Balaban J connectivity index is 1.84. The van der Waals surface area contributed by atoms with E-state index in [0.717, 1.165) is 0 Å². The van der Waals surface area contributed by atoms with Crippen LogP contribution < -0.4 is 14.8 Å². The molecule has 0 aliphatic rings. The summed E-state index contributed by atoms with van der Waals surface area (Å²) in [5, 5.41) is 2.66. The number of rotatable bonds is 9. The first-order valence-corrected chi connectivity index (χ1v) is 9.43. The normalized spacial score (nSPS) is 12.6. The first kappa shape index (κ1) is 19.0. The maximum Gasteiger partial charge on any atom is 0.258 e. The van der Waals surface area contributed by atoms with Crippen LogP contribution in [0.25, 0.3) is 0 Å². The lowest BCUT2D eigenvalue weighted by Crippen LogP contribution is -2.32. The van der Waals surface area contributed by atoms with E-state index in [2.05, 4.69) is 10.0 Å². The maximum absolute atomic E-state index is 12.2. The fraction of sp³-hybridized carbons (Fsp3) is 0.353. The van der Waals surface area contributed by atoms with Gasteiger partial charge in [0.15, 0.2) is 6.61 Å². The van der Waals surface area contributed by atoms with E-state index in [1.807, 2.05) is 6.92 Å². The third-order valence-electron chi connectivity index (χ3n) is 3.51. The number of carbonyl (C=O) groups excluding carboxylic acids is 1. The molecule has 2 N–H and O–H groups in total. The predicted octanol–water partition coefficient (Wildman–Crippen LogP) is 2.05. The molecule has 0 spiro atoms. The Morgan fingerprint density at radius 3 is 2.56 bits per heavy atom. The molecule has 0 bridgehead atoms. The molecule has 8 heteroatoms. The summed E-state index contributed by atoms with van der Waals surface area (Å²) in [6.07, 6.45) is 2.23. The third-order valence-corrected chi connectivity index (χ3v) is 5.12. The second-order valence-corrected chi connectivity index (χ2v) is 7.26. The maximum atomic E-state index is 12.2. The van der Waals surface area contributed by atoms with E-state index in [-0.39, 0.29) is 30.0 Å². The van der Waals surface area contributed by atoms with Gasteiger partial charge in [-0.1, -0.05) is 6.92 Å². The van der Waals surface area contributed by atoms with Crippen LogP contribution >= 0.6 is 0 Å². The number of nitrogens with one attached hydrogen (secondary N) is 2. The lowest BCUT2D eigenvalue weighted by atomic mass is 10.3. The Kier molecular flexibility index (Phi) is 6.60. The average molecular weight is 366 g/mol. The van der Waals surface area contributed by atoms with Crippen LogP contribution in [0.15, 0.2) is 52.0 Å². The van der Waals surface area contributed by atoms with Crippen molar-refractivity contribution >= 4 is 15.9 Å². The Morgan fingerprint density at radius 1 is 1.24 bits per heavy atom. The zero-order valence-electron chi connectivity index (χ0n) is 14.2. The topological polar surface area (TPSA) is 97.6 Å². The Hall–Kier alpha value is -2.32. The van der Waals surface area contributed by atoms with Crippen LogP contribution in [-0.4, -0.2) is 27.0 Å². The van der Waals surface area contributed by atoms with Crippen LogP contribution in [0.5, 0.6) is 5.75 Å². The molecular weight excluding hydrogens is 344 g/mol. The highest BCUT2D eigenvalue weighted by Crippen LogP contribution is 2.16. The smallest absolute Gasteiger partial charge is 0.258 e. The van der Waals surface area contributed by atoms with Crippen molar-refractivity contribution in [1.29, 1.82) is 0 Å². The summed E-state index contributed by atoms with van der Waals surface area (Å²) in [5.41, 5.74) is 0. The molecule has 25 heavy (non-hydrogen) atoms. The fourth-order valence-corrected chi connectivity index (χ4v) is 3.26. The molecule has 1 atom stereocenters. The minimum atomic E-state index is -3.55. The van der Waals surface area contributed by atoms with E-state index in [1.54, 1.807) is 19.1 Å². The summed E-state index contributed by atoms with van der Waals surface area (Å²) in [6, 6.07) is 9.29. The van der Waals surface area contributed by atoms with Crippen LogP contribution in [0, 0.1) is 0 Å². The molecule has 2 rings (SSSR count). The lowest BCUT2D eigenvalue weighted by Gasteiger charge is -2.12. The molecule has 0 saturated heterocycles. The molecule has 0 fully saturated rings. The van der Waals surface area contributed by atoms with E-state index >= 15 is 0 Å². The summed E-state index contributed by atoms with van der Waals surface area (Å²) >= 11 is 0. The highest BCUT2D eigenvalue weighted by molar-refractivity contribution is 7.89. The second-order valence-electron chi connectivity index (χ2n) is 5.55. The van der Waals surface area contributed by atoms with Gasteiger partial charge in [-0.25, -0.2) is 13.1 Å². The number of amides is 1. The monoisotopic (exact) mass is 366 g/mol. The SMILES string of the molecule is CCC(C)NS(=O)(=O)c1ccc(OCC(=O)NCc2ccco2)cc1. The van der Waals surface area contributed by atoms with Crippen molar-refractivity contribution in [3.8, 4) is 5.75 Å². The number of sulfonamides is 1. The largest absolute Gasteiger partial charge is 0.484 e. The number of ether oxygens (including phenoxy) is 1. The molecule has 0 radical (unpaired) electrons. The zero-order valence-corrected chi connectivity index (χ0v) is 15.0. The molecule has 7 nitrogen and oxygen atoms in total. The zero-order chi connectivity index (χ0) is 18.3. The van der Waals surface area contributed by atoms with Gasteiger partial charge in [-0.3, -0.25) is 4.79 Å². The van der Waals surface area contributed by atoms with Gasteiger partial charge in [0, 0.05) is 6.04 Å². The van der Waals surface area contributed by atoms with E-state index in [1.165, 1.54) is 30.5 Å². The van der Waals surface area contributed by atoms with Crippen LogP contribution in [0.3, 0.4) is 0 Å². The molecule has 0 aliphatic heterocycles. The molecule has 136 valence electrons. The van der Waals surface area contributed by atoms with Crippen molar-refractivity contribution in [3.63, 3.8) is 0 Å². The van der Waals surface area contributed by atoms with E-state index in [4.69, 9.17) is 9.15 Å². The minimum Gasteiger partial charge on any atom is -0.484 e. The Labute approximate surface area is 147 Å². The van der Waals surface area contributed by atoms with Gasteiger partial charge in [0.1, 0.15) is 11.5 Å². The summed E-state index contributed by atoms with van der Waals surface area (Å²) < 4.78 is 37.3. The Morgan fingerprint density at radius 2 is 1.96 bits per heavy atom. The standard InChI is InChI=1S/C17H22N2O5S/c1-3-13(2)19-25(21,22)16-8-6-14(7-9-16)24-12-17(20)18-11-15-5-4-10-23-15/h4-10,13,19H,3,11-12H2,1-2H3,(H,18,20). The van der Waals surface area contributed by atoms with Gasteiger partial charge in [-0.15, -0.1) is 0 Å². The molecule has 1 heterocycles. The van der Waals surface area contributed by atoms with Crippen LogP contribution in [0.1, 0.15) is 26.0 Å². The molecule has 0 saturated carbocycles. The van der Waals surface area contributed by atoms with Crippen molar-refractivity contribution in [2.45, 2.75) is 37.8 Å². The molecule has 2 aromatic rings. The van der Waals surface area contributed by atoms with Gasteiger partial charge in [-0.05, 0) is 49.7 Å². The van der Waals surface area contributed by atoms with Gasteiger partial charge in [0.25, 0.3) is 5.91 Å². The number of hydrogen-bond acceptors (Lipinski definition) is 5. The first-order valence-electron chi connectivity index (χ1n) is 7.95. The molecule has 1 aromatic carbocycles. The van der Waals surface area contributed by atoms with Gasteiger partial charge in [-0.2, -0.15) is 0 Å². The summed E-state index contributed by atoms with van der Waals surface area (Å²) in [7, 11) is -3.55. The van der Waals surface area contributed by atoms with Crippen molar-refractivity contribution in [2.75, 3.05) is 6.61 Å². The highest BCUT2D eigenvalue weighted by Gasteiger charge is 2.16. The van der Waals surface area contributed by atoms with Crippen LogP contribution in [-0.2, 0) is 21.4 Å². The highest BCUT2D eigenvalue weighted by atomic mass is 32.2. The summed E-state index contributed by atoms with van der Waals surface area (Å²) in [6.45, 7) is 3.82. The van der Waals surface area contributed by atoms with Crippen molar-refractivity contribution in [2.24, 2.45) is 0 Å². The van der Waals surface area contributed by atoms with Crippen molar-refractivity contribution in [1.82, 2.24) is 10.0 Å². The van der Waals surface area contributed by atoms with E-state index in [0.29, 0.717) is 17.9 Å². The lowest BCUT2D eigenvalue weighted by molar-refractivity contribution is -0.123. The van der Waals surface area contributed by atoms with Gasteiger partial charge in [0.05, 0.1) is 17.7 Å². The van der Waals surface area contributed by atoms with Crippen LogP contribution in [0.2, 0.25) is 0 Å². The molecule has 1 aromatic heterocycles. The first-order chi connectivity index (χ1) is 11.9. The quantitative estimate of drug-likeness (QED) is 0.708. The van der Waals surface area contributed by atoms with Gasteiger partial charge < -0.3 is 14.5 Å². The number of benzene rings is 1. The summed E-state index contributed by atoms with van der Waals surface area (Å²) in [5.74, 6) is 0.763. The molecule has 0 aliphatic carbocycles.